The fourth-order valence-electron chi connectivity index (χ4n) is 3.35. The van der Waals surface area contributed by atoms with Crippen LogP contribution in [0.15, 0.2) is 16.7 Å². The lowest BCUT2D eigenvalue weighted by atomic mass is 9.51. The maximum atomic E-state index is 6.15. The van der Waals surface area contributed by atoms with Crippen molar-refractivity contribution in [1.29, 1.82) is 0 Å². The summed E-state index contributed by atoms with van der Waals surface area (Å²) >= 11 is 9.58. The highest BCUT2D eigenvalue weighted by molar-refractivity contribution is 9.10. The third-order valence-corrected chi connectivity index (χ3v) is 5.31. The number of anilines is 1. The van der Waals surface area contributed by atoms with Gasteiger partial charge in [-0.05, 0) is 48.2 Å². The molecule has 0 aromatic carbocycles. The van der Waals surface area contributed by atoms with E-state index in [0.717, 1.165) is 23.2 Å². The molecule has 2 unspecified atom stereocenters. The average Bonchev–Trinajstić information content (AvgIpc) is 2.30. The Balaban J connectivity index is 1.72. The lowest BCUT2D eigenvalue weighted by Gasteiger charge is -2.61. The lowest BCUT2D eigenvalue weighted by Crippen LogP contribution is -2.64. The van der Waals surface area contributed by atoms with E-state index in [9.17, 15) is 0 Å². The van der Waals surface area contributed by atoms with Gasteiger partial charge >= 0.3 is 0 Å². The van der Waals surface area contributed by atoms with Crippen LogP contribution in [0.3, 0.4) is 0 Å². The Labute approximate surface area is 127 Å². The van der Waals surface area contributed by atoms with Gasteiger partial charge in [-0.25, -0.2) is 4.98 Å². The molecule has 104 valence electrons. The first-order chi connectivity index (χ1) is 9.15. The Hall–Kier alpha value is -0.320. The molecule has 2 aliphatic carbocycles. The van der Waals surface area contributed by atoms with Gasteiger partial charge in [0.05, 0.1) is 11.8 Å². The Bertz CT molecular complexity index is 479. The van der Waals surface area contributed by atoms with Crippen LogP contribution >= 0.6 is 27.5 Å². The molecule has 3 nitrogen and oxygen atoms in total. The molecule has 1 aromatic heterocycles. The third kappa shape index (κ3) is 2.28. The van der Waals surface area contributed by atoms with Crippen LogP contribution in [0.2, 0.25) is 5.15 Å². The molecule has 1 aromatic rings. The molecule has 3 rings (SSSR count). The van der Waals surface area contributed by atoms with E-state index >= 15 is 0 Å². The predicted molar refractivity (Wildman–Crippen MR) is 80.7 cm³/mol. The van der Waals surface area contributed by atoms with Gasteiger partial charge in [0.15, 0.2) is 5.15 Å². The molecule has 2 saturated carbocycles. The first-order valence-corrected chi connectivity index (χ1v) is 8.02. The summed E-state index contributed by atoms with van der Waals surface area (Å²) < 4.78 is 6.81. The number of nitrogens with one attached hydrogen (secondary N) is 1. The fourth-order valence-corrected chi connectivity index (χ4v) is 3.84. The second-order valence-electron chi connectivity index (χ2n) is 5.46. The van der Waals surface area contributed by atoms with Crippen molar-refractivity contribution in [3.05, 3.63) is 21.9 Å². The quantitative estimate of drug-likeness (QED) is 0.828. The molecule has 2 fully saturated rings. The summed E-state index contributed by atoms with van der Waals surface area (Å²) in [5.74, 6) is 0. The minimum atomic E-state index is 0.335. The van der Waals surface area contributed by atoms with Gasteiger partial charge in [-0.15, -0.1) is 0 Å². The van der Waals surface area contributed by atoms with Crippen LogP contribution < -0.4 is 5.32 Å². The summed E-state index contributed by atoms with van der Waals surface area (Å²) in [6, 6.07) is 2.46. The van der Waals surface area contributed by atoms with Crippen LogP contribution in [0.4, 0.5) is 5.69 Å². The highest BCUT2D eigenvalue weighted by atomic mass is 79.9. The molecule has 1 heterocycles. The minimum absolute atomic E-state index is 0.335. The van der Waals surface area contributed by atoms with E-state index in [1.165, 1.54) is 19.3 Å². The van der Waals surface area contributed by atoms with E-state index < -0.39 is 0 Å². The molecule has 1 spiro atoms. The van der Waals surface area contributed by atoms with Crippen molar-refractivity contribution in [3.8, 4) is 0 Å². The van der Waals surface area contributed by atoms with Crippen molar-refractivity contribution in [2.45, 2.75) is 44.8 Å². The molecule has 0 aliphatic heterocycles. The maximum absolute atomic E-state index is 6.15. The van der Waals surface area contributed by atoms with Gasteiger partial charge in [0.25, 0.3) is 0 Å². The summed E-state index contributed by atoms with van der Waals surface area (Å²) in [6.07, 6.45) is 7.03. The van der Waals surface area contributed by atoms with Crippen molar-refractivity contribution in [3.63, 3.8) is 0 Å². The van der Waals surface area contributed by atoms with E-state index in [2.05, 4.69) is 33.2 Å². The number of hydrogen-bond acceptors (Lipinski definition) is 3. The zero-order chi connectivity index (χ0) is 13.5. The first kappa shape index (κ1) is 13.7. The van der Waals surface area contributed by atoms with Gasteiger partial charge in [-0.3, -0.25) is 0 Å². The Morgan fingerprint density at radius 1 is 1.58 bits per heavy atom. The number of hydrogen-bond donors (Lipinski definition) is 1. The number of rotatable bonds is 4. The van der Waals surface area contributed by atoms with Crippen molar-refractivity contribution >= 4 is 33.2 Å². The van der Waals surface area contributed by atoms with Crippen LogP contribution in [0, 0.1) is 5.41 Å². The molecule has 2 aliphatic rings. The van der Waals surface area contributed by atoms with Gasteiger partial charge in [0, 0.05) is 28.7 Å². The SMILES string of the molecule is CCOC1CC(Nc2cc(Br)cnc2Cl)C12CCC2. The molecular weight excluding hydrogens is 328 g/mol. The smallest absolute Gasteiger partial charge is 0.152 e. The number of halogens is 2. The van der Waals surface area contributed by atoms with E-state index in [4.69, 9.17) is 16.3 Å². The minimum Gasteiger partial charge on any atom is -0.379 e. The molecule has 2 atom stereocenters. The normalized spacial score (nSPS) is 27.7. The summed E-state index contributed by atoms with van der Waals surface area (Å²) in [4.78, 5) is 4.16. The number of nitrogens with zero attached hydrogens (tertiary/aromatic N) is 1. The van der Waals surface area contributed by atoms with Crippen LogP contribution in [0.5, 0.6) is 0 Å². The highest BCUT2D eigenvalue weighted by Crippen LogP contribution is 2.58. The van der Waals surface area contributed by atoms with Gasteiger partial charge in [0.1, 0.15) is 0 Å². The van der Waals surface area contributed by atoms with Crippen LogP contribution in [-0.4, -0.2) is 23.7 Å². The van der Waals surface area contributed by atoms with Crippen LogP contribution in [-0.2, 0) is 4.74 Å². The lowest BCUT2D eigenvalue weighted by molar-refractivity contribution is -0.157. The number of ether oxygens (including phenoxy) is 1. The monoisotopic (exact) mass is 344 g/mol. The molecule has 5 heteroatoms. The molecule has 0 bridgehead atoms. The van der Waals surface area contributed by atoms with Crippen LogP contribution in [0.1, 0.15) is 32.6 Å². The van der Waals surface area contributed by atoms with Crippen molar-refractivity contribution in [2.24, 2.45) is 5.41 Å². The van der Waals surface area contributed by atoms with E-state index in [-0.39, 0.29) is 0 Å². The first-order valence-electron chi connectivity index (χ1n) is 6.85. The van der Waals surface area contributed by atoms with Crippen LogP contribution in [0.25, 0.3) is 0 Å². The van der Waals surface area contributed by atoms with E-state index in [0.29, 0.717) is 22.7 Å². The molecule has 19 heavy (non-hydrogen) atoms. The summed E-state index contributed by atoms with van der Waals surface area (Å²) in [6.45, 7) is 2.88. The Morgan fingerprint density at radius 2 is 2.37 bits per heavy atom. The fraction of sp³-hybridized carbons (Fsp3) is 0.643. The Morgan fingerprint density at radius 3 is 3.00 bits per heavy atom. The van der Waals surface area contributed by atoms with Gasteiger partial charge in [-0.1, -0.05) is 18.0 Å². The number of pyridine rings is 1. The average molecular weight is 346 g/mol. The molecule has 1 N–H and O–H groups in total. The number of aromatic nitrogens is 1. The highest BCUT2D eigenvalue weighted by Gasteiger charge is 2.58. The van der Waals surface area contributed by atoms with Crippen molar-refractivity contribution in [2.75, 3.05) is 11.9 Å². The van der Waals surface area contributed by atoms with Crippen molar-refractivity contribution < 1.29 is 4.74 Å². The van der Waals surface area contributed by atoms with E-state index in [1.54, 1.807) is 6.20 Å². The molecule has 0 amide bonds. The second kappa shape index (κ2) is 5.23. The standard InChI is InChI=1S/C14H18BrClN2O/c1-2-19-12-7-11(14(12)4-3-5-14)18-10-6-9(15)8-17-13(10)16/h6,8,11-12,18H,2-5,7H2,1H3. The van der Waals surface area contributed by atoms with Crippen molar-refractivity contribution in [1.82, 2.24) is 4.98 Å². The summed E-state index contributed by atoms with van der Waals surface area (Å²) in [7, 11) is 0. The molecule has 0 saturated heterocycles. The van der Waals surface area contributed by atoms with Gasteiger partial charge < -0.3 is 10.1 Å². The summed E-state index contributed by atoms with van der Waals surface area (Å²) in [5, 5.41) is 4.10. The van der Waals surface area contributed by atoms with Gasteiger partial charge in [0.2, 0.25) is 0 Å². The zero-order valence-electron chi connectivity index (χ0n) is 11.0. The van der Waals surface area contributed by atoms with Gasteiger partial charge in [-0.2, -0.15) is 0 Å². The molecular formula is C14H18BrClN2O. The van der Waals surface area contributed by atoms with E-state index in [1.807, 2.05) is 6.07 Å². The summed E-state index contributed by atoms with van der Waals surface area (Å²) in [5.41, 5.74) is 1.25. The second-order valence-corrected chi connectivity index (χ2v) is 6.73. The molecule has 0 radical (unpaired) electrons. The zero-order valence-corrected chi connectivity index (χ0v) is 13.3. The predicted octanol–water partition coefficient (Wildman–Crippen LogP) is 4.26. The maximum Gasteiger partial charge on any atom is 0.152 e. The third-order valence-electron chi connectivity index (χ3n) is 4.57. The Kier molecular flexibility index (Phi) is 3.76. The largest absolute Gasteiger partial charge is 0.379 e. The topological polar surface area (TPSA) is 34.1 Å².